The minimum absolute atomic E-state index is 0.245. The van der Waals surface area contributed by atoms with E-state index in [2.05, 4.69) is 12.2 Å². The fourth-order valence-electron chi connectivity index (χ4n) is 3.44. The Hall–Kier alpha value is -1.10. The fraction of sp³-hybridized carbons (Fsp3) is 0.875. The summed E-state index contributed by atoms with van der Waals surface area (Å²) in [5.41, 5.74) is 0. The van der Waals surface area contributed by atoms with Crippen LogP contribution in [0.25, 0.3) is 0 Å². The van der Waals surface area contributed by atoms with Crippen molar-refractivity contribution in [2.75, 3.05) is 33.2 Å². The first kappa shape index (κ1) is 16.3. The summed E-state index contributed by atoms with van der Waals surface area (Å²) in [5.74, 6) is 0.160. The highest BCUT2D eigenvalue weighted by atomic mass is 16.2. The van der Waals surface area contributed by atoms with Gasteiger partial charge in [0.1, 0.15) is 0 Å². The Morgan fingerprint density at radius 3 is 2.52 bits per heavy atom. The van der Waals surface area contributed by atoms with Crippen LogP contribution in [0.5, 0.6) is 0 Å². The largest absolute Gasteiger partial charge is 0.335 e. The van der Waals surface area contributed by atoms with Gasteiger partial charge in [0, 0.05) is 32.7 Å². The second kappa shape index (κ2) is 7.78. The van der Waals surface area contributed by atoms with Crippen molar-refractivity contribution in [3.63, 3.8) is 0 Å². The van der Waals surface area contributed by atoms with Crippen molar-refractivity contribution in [2.45, 2.75) is 51.5 Å². The first-order chi connectivity index (χ1) is 10.1. The summed E-state index contributed by atoms with van der Waals surface area (Å²) in [6.07, 6.45) is 6.58. The van der Waals surface area contributed by atoms with E-state index in [4.69, 9.17) is 0 Å². The lowest BCUT2D eigenvalue weighted by Gasteiger charge is -2.35. The Morgan fingerprint density at radius 2 is 1.86 bits per heavy atom. The van der Waals surface area contributed by atoms with Crippen molar-refractivity contribution in [2.24, 2.45) is 5.92 Å². The summed E-state index contributed by atoms with van der Waals surface area (Å²) >= 11 is 0. The summed E-state index contributed by atoms with van der Waals surface area (Å²) in [7, 11) is 1.80. The van der Waals surface area contributed by atoms with Crippen LogP contribution in [0.1, 0.15) is 45.4 Å². The van der Waals surface area contributed by atoms with E-state index in [1.165, 1.54) is 19.3 Å². The predicted octanol–water partition coefficient (Wildman–Crippen LogP) is 1.24. The average molecular weight is 295 g/mol. The molecule has 1 aliphatic heterocycles. The molecule has 2 rings (SSSR count). The van der Waals surface area contributed by atoms with Crippen LogP contribution in [0, 0.1) is 5.92 Å². The highest BCUT2D eigenvalue weighted by molar-refractivity contribution is 6.34. The minimum Gasteiger partial charge on any atom is -0.335 e. The molecule has 2 aliphatic rings. The van der Waals surface area contributed by atoms with Crippen LogP contribution in [-0.4, -0.2) is 60.9 Å². The Bertz CT molecular complexity index is 357. The summed E-state index contributed by atoms with van der Waals surface area (Å²) < 4.78 is 0. The molecule has 1 N–H and O–H groups in total. The van der Waals surface area contributed by atoms with Gasteiger partial charge in [0.15, 0.2) is 0 Å². The lowest BCUT2D eigenvalue weighted by Crippen LogP contribution is -2.49. The zero-order valence-corrected chi connectivity index (χ0v) is 13.4. The van der Waals surface area contributed by atoms with Crippen LogP contribution in [-0.2, 0) is 9.59 Å². The maximum Gasteiger partial charge on any atom is 0.312 e. The number of hydrogen-bond donors (Lipinski definition) is 1. The summed E-state index contributed by atoms with van der Waals surface area (Å²) in [6.45, 7) is 5.27. The molecule has 2 fully saturated rings. The number of nitrogens with one attached hydrogen (secondary N) is 1. The molecule has 0 aromatic rings. The number of carbonyl (C=O) groups is 2. The first-order valence-electron chi connectivity index (χ1n) is 8.40. The number of carbonyl (C=O) groups excluding carboxylic acids is 2. The van der Waals surface area contributed by atoms with E-state index in [0.717, 1.165) is 38.3 Å². The maximum atomic E-state index is 12.4. The molecular formula is C16H29N3O2. The molecule has 0 aromatic heterocycles. The molecule has 0 aromatic carbocycles. The molecule has 2 amide bonds. The molecule has 5 heteroatoms. The molecule has 0 radical (unpaired) electrons. The number of likely N-dealkylation sites (N-methyl/N-ethyl adjacent to an activating group) is 1. The quantitative estimate of drug-likeness (QED) is 0.780. The number of hydrogen-bond acceptors (Lipinski definition) is 3. The van der Waals surface area contributed by atoms with E-state index in [0.29, 0.717) is 13.1 Å². The highest BCUT2D eigenvalue weighted by Crippen LogP contribution is 2.29. The molecular weight excluding hydrogens is 266 g/mol. The average Bonchev–Trinajstić information content (AvgIpc) is 2.82. The normalized spacial score (nSPS) is 27.0. The highest BCUT2D eigenvalue weighted by Gasteiger charge is 2.31. The minimum atomic E-state index is -0.322. The van der Waals surface area contributed by atoms with E-state index in [1.807, 2.05) is 0 Å². The van der Waals surface area contributed by atoms with Gasteiger partial charge in [-0.1, -0.05) is 13.3 Å². The lowest BCUT2D eigenvalue weighted by molar-refractivity contribution is -0.152. The van der Waals surface area contributed by atoms with E-state index < -0.39 is 0 Å². The third-order valence-electron chi connectivity index (χ3n) is 5.07. The molecule has 1 heterocycles. The van der Waals surface area contributed by atoms with Gasteiger partial charge < -0.3 is 15.1 Å². The van der Waals surface area contributed by atoms with Crippen molar-refractivity contribution >= 4 is 11.8 Å². The zero-order valence-electron chi connectivity index (χ0n) is 13.4. The Balaban J connectivity index is 1.87. The van der Waals surface area contributed by atoms with Gasteiger partial charge in [-0.05, 0) is 44.6 Å². The SMILES string of the molecule is CCC1CCC(N(C)C(=O)C(=O)N2CCCNCC2)CC1. The van der Waals surface area contributed by atoms with Gasteiger partial charge >= 0.3 is 11.8 Å². The number of nitrogens with zero attached hydrogens (tertiary/aromatic N) is 2. The zero-order chi connectivity index (χ0) is 15.2. The smallest absolute Gasteiger partial charge is 0.312 e. The van der Waals surface area contributed by atoms with Gasteiger partial charge in [0.2, 0.25) is 0 Å². The van der Waals surface area contributed by atoms with Crippen LogP contribution < -0.4 is 5.32 Å². The van der Waals surface area contributed by atoms with Gasteiger partial charge in [-0.3, -0.25) is 9.59 Å². The number of rotatable bonds is 2. The topological polar surface area (TPSA) is 52.7 Å². The molecule has 120 valence electrons. The van der Waals surface area contributed by atoms with Crippen molar-refractivity contribution in [1.82, 2.24) is 15.1 Å². The predicted molar refractivity (Wildman–Crippen MR) is 82.9 cm³/mol. The van der Waals surface area contributed by atoms with Crippen LogP contribution in [0.3, 0.4) is 0 Å². The number of amides is 2. The molecule has 0 atom stereocenters. The third kappa shape index (κ3) is 4.19. The van der Waals surface area contributed by atoms with Crippen LogP contribution in [0.4, 0.5) is 0 Å². The van der Waals surface area contributed by atoms with Gasteiger partial charge in [0.25, 0.3) is 0 Å². The van der Waals surface area contributed by atoms with E-state index >= 15 is 0 Å². The molecule has 0 bridgehead atoms. The van der Waals surface area contributed by atoms with E-state index in [9.17, 15) is 9.59 Å². The molecule has 1 saturated heterocycles. The van der Waals surface area contributed by atoms with Crippen LogP contribution in [0.2, 0.25) is 0 Å². The monoisotopic (exact) mass is 295 g/mol. The maximum absolute atomic E-state index is 12.4. The second-order valence-corrected chi connectivity index (χ2v) is 6.39. The van der Waals surface area contributed by atoms with Crippen molar-refractivity contribution in [1.29, 1.82) is 0 Å². The Kier molecular flexibility index (Phi) is 6.03. The molecule has 21 heavy (non-hydrogen) atoms. The second-order valence-electron chi connectivity index (χ2n) is 6.39. The van der Waals surface area contributed by atoms with Gasteiger partial charge in [-0.2, -0.15) is 0 Å². The van der Waals surface area contributed by atoms with Gasteiger partial charge in [-0.15, -0.1) is 0 Å². The third-order valence-corrected chi connectivity index (χ3v) is 5.07. The van der Waals surface area contributed by atoms with Crippen molar-refractivity contribution in [3.8, 4) is 0 Å². The van der Waals surface area contributed by atoms with Gasteiger partial charge in [-0.25, -0.2) is 0 Å². The first-order valence-corrected chi connectivity index (χ1v) is 8.40. The van der Waals surface area contributed by atoms with Crippen LogP contribution >= 0.6 is 0 Å². The van der Waals surface area contributed by atoms with Gasteiger partial charge in [0.05, 0.1) is 0 Å². The molecule has 1 saturated carbocycles. The van der Waals surface area contributed by atoms with E-state index in [1.54, 1.807) is 16.8 Å². The van der Waals surface area contributed by atoms with Crippen molar-refractivity contribution in [3.05, 3.63) is 0 Å². The molecule has 0 unspecified atom stereocenters. The Morgan fingerprint density at radius 1 is 1.14 bits per heavy atom. The van der Waals surface area contributed by atoms with E-state index in [-0.39, 0.29) is 17.9 Å². The standard InChI is InChI=1S/C16H29N3O2/c1-3-13-5-7-14(8-6-13)18(2)15(20)16(21)19-11-4-9-17-10-12-19/h13-14,17H,3-12H2,1-2H3. The molecule has 0 spiro atoms. The summed E-state index contributed by atoms with van der Waals surface area (Å²) in [5, 5.41) is 3.26. The lowest BCUT2D eigenvalue weighted by atomic mass is 9.84. The Labute approximate surface area is 128 Å². The molecule has 5 nitrogen and oxygen atoms in total. The summed E-state index contributed by atoms with van der Waals surface area (Å²) in [6, 6.07) is 0.245. The van der Waals surface area contributed by atoms with Crippen molar-refractivity contribution < 1.29 is 9.59 Å². The fourth-order valence-corrected chi connectivity index (χ4v) is 3.44. The summed E-state index contributed by atoms with van der Waals surface area (Å²) in [4.78, 5) is 28.2. The molecule has 1 aliphatic carbocycles. The van der Waals surface area contributed by atoms with Crippen LogP contribution in [0.15, 0.2) is 0 Å².